The van der Waals surface area contributed by atoms with Gasteiger partial charge in [0.1, 0.15) is 4.21 Å². The van der Waals surface area contributed by atoms with Gasteiger partial charge in [-0.3, -0.25) is 0 Å². The van der Waals surface area contributed by atoms with Crippen LogP contribution in [-0.2, 0) is 26.6 Å². The van der Waals surface area contributed by atoms with Gasteiger partial charge in [0.2, 0.25) is 20.0 Å². The molecular weight excluding hydrogens is 296 g/mol. The average molecular weight is 312 g/mol. The van der Waals surface area contributed by atoms with Gasteiger partial charge in [-0.25, -0.2) is 26.7 Å². The molecule has 104 valence electrons. The average Bonchev–Trinajstić information content (AvgIpc) is 2.60. The van der Waals surface area contributed by atoms with E-state index in [9.17, 15) is 16.8 Å². The van der Waals surface area contributed by atoms with E-state index in [1.54, 1.807) is 6.07 Å². The number of primary sulfonamides is 1. The van der Waals surface area contributed by atoms with Crippen molar-refractivity contribution >= 4 is 31.4 Å². The molecule has 0 radical (unpaired) electrons. The molecule has 1 aromatic rings. The van der Waals surface area contributed by atoms with Crippen LogP contribution in [0.2, 0.25) is 0 Å². The Morgan fingerprint density at radius 2 is 1.89 bits per heavy atom. The molecule has 0 saturated heterocycles. The quantitative estimate of drug-likeness (QED) is 0.796. The lowest BCUT2D eigenvalue weighted by molar-refractivity contribution is 0.568. The normalized spacial score (nSPS) is 13.1. The van der Waals surface area contributed by atoms with E-state index in [-0.39, 0.29) is 22.4 Å². The van der Waals surface area contributed by atoms with Crippen LogP contribution in [0, 0.1) is 5.92 Å². The van der Waals surface area contributed by atoms with Crippen molar-refractivity contribution in [3.8, 4) is 0 Å². The molecular formula is C9H16N2O4S3. The van der Waals surface area contributed by atoms with Crippen molar-refractivity contribution in [3.63, 3.8) is 0 Å². The van der Waals surface area contributed by atoms with Crippen molar-refractivity contribution in [1.82, 2.24) is 4.72 Å². The largest absolute Gasteiger partial charge is 0.247 e. The van der Waals surface area contributed by atoms with Gasteiger partial charge in [-0.1, -0.05) is 13.8 Å². The third kappa shape index (κ3) is 5.02. The van der Waals surface area contributed by atoms with Gasteiger partial charge < -0.3 is 0 Å². The van der Waals surface area contributed by atoms with Gasteiger partial charge in [-0.05, 0) is 18.1 Å². The molecule has 0 atom stereocenters. The Morgan fingerprint density at radius 3 is 2.33 bits per heavy atom. The minimum Gasteiger partial charge on any atom is -0.224 e. The summed E-state index contributed by atoms with van der Waals surface area (Å²) in [6.45, 7) is 3.70. The van der Waals surface area contributed by atoms with E-state index >= 15 is 0 Å². The summed E-state index contributed by atoms with van der Waals surface area (Å²) >= 11 is 0.959. The predicted octanol–water partition coefficient (Wildman–Crippen LogP) is 0.471. The molecule has 18 heavy (non-hydrogen) atoms. The fraction of sp³-hybridized carbons (Fsp3) is 0.556. The number of nitrogens with one attached hydrogen (secondary N) is 1. The van der Waals surface area contributed by atoms with Crippen LogP contribution in [0.3, 0.4) is 0 Å². The van der Waals surface area contributed by atoms with Crippen molar-refractivity contribution in [2.45, 2.75) is 24.6 Å². The van der Waals surface area contributed by atoms with Crippen LogP contribution in [0.15, 0.2) is 16.3 Å². The molecule has 0 amide bonds. The van der Waals surface area contributed by atoms with E-state index in [1.165, 1.54) is 6.07 Å². The minimum absolute atomic E-state index is 0.0283. The van der Waals surface area contributed by atoms with Gasteiger partial charge in [0.25, 0.3) is 0 Å². The Bertz CT molecular complexity index is 602. The molecule has 0 bridgehead atoms. The summed E-state index contributed by atoms with van der Waals surface area (Å²) in [4.78, 5) is 0.603. The second-order valence-corrected chi connectivity index (χ2v) is 9.07. The van der Waals surface area contributed by atoms with Gasteiger partial charge in [-0.2, -0.15) is 0 Å². The number of thiophene rings is 1. The monoisotopic (exact) mass is 312 g/mol. The van der Waals surface area contributed by atoms with Gasteiger partial charge in [0.15, 0.2) is 0 Å². The number of hydrogen-bond acceptors (Lipinski definition) is 5. The Hall–Kier alpha value is -0.480. The molecule has 6 nitrogen and oxygen atoms in total. The topological polar surface area (TPSA) is 106 Å². The second-order valence-electron chi connectivity index (χ2n) is 4.26. The molecule has 0 aromatic carbocycles. The summed E-state index contributed by atoms with van der Waals surface area (Å²) in [5.41, 5.74) is 0. The maximum atomic E-state index is 11.6. The van der Waals surface area contributed by atoms with Crippen molar-refractivity contribution in [3.05, 3.63) is 17.0 Å². The molecule has 0 spiro atoms. The fourth-order valence-electron chi connectivity index (χ4n) is 1.29. The van der Waals surface area contributed by atoms with E-state index in [0.717, 1.165) is 11.3 Å². The Balaban J connectivity index is 2.68. The first-order chi connectivity index (χ1) is 8.10. The lowest BCUT2D eigenvalue weighted by Crippen LogP contribution is -2.27. The molecule has 0 aliphatic heterocycles. The van der Waals surface area contributed by atoms with Crippen LogP contribution >= 0.6 is 11.3 Å². The summed E-state index contributed by atoms with van der Waals surface area (Å²) in [7, 11) is -7.04. The zero-order valence-corrected chi connectivity index (χ0v) is 12.5. The van der Waals surface area contributed by atoms with Gasteiger partial charge in [-0.15, -0.1) is 11.3 Å². The lowest BCUT2D eigenvalue weighted by Gasteiger charge is -2.07. The molecule has 0 saturated carbocycles. The van der Waals surface area contributed by atoms with E-state index < -0.39 is 20.0 Å². The SMILES string of the molecule is CC(C)CS(=O)(=O)NCc1ccc(S(N)(=O)=O)s1. The molecule has 9 heteroatoms. The van der Waals surface area contributed by atoms with Crippen LogP contribution < -0.4 is 9.86 Å². The van der Waals surface area contributed by atoms with Crippen LogP contribution in [-0.4, -0.2) is 22.6 Å². The number of rotatable bonds is 6. The van der Waals surface area contributed by atoms with E-state index in [4.69, 9.17) is 5.14 Å². The predicted molar refractivity (Wildman–Crippen MR) is 71.2 cm³/mol. The van der Waals surface area contributed by atoms with E-state index in [2.05, 4.69) is 4.72 Å². The molecule has 1 aromatic heterocycles. The van der Waals surface area contributed by atoms with Crippen LogP contribution in [0.1, 0.15) is 18.7 Å². The summed E-state index contributed by atoms with van der Waals surface area (Å²) in [5, 5.41) is 4.96. The Kier molecular flexibility index (Phi) is 4.90. The highest BCUT2D eigenvalue weighted by molar-refractivity contribution is 7.91. The first-order valence-electron chi connectivity index (χ1n) is 5.19. The van der Waals surface area contributed by atoms with Crippen LogP contribution in [0.25, 0.3) is 0 Å². The van der Waals surface area contributed by atoms with Crippen LogP contribution in [0.4, 0.5) is 0 Å². The summed E-state index contributed by atoms with van der Waals surface area (Å²) in [6.07, 6.45) is 0. The van der Waals surface area contributed by atoms with Crippen molar-refractivity contribution in [2.75, 3.05) is 5.75 Å². The molecule has 0 fully saturated rings. The van der Waals surface area contributed by atoms with Crippen molar-refractivity contribution in [1.29, 1.82) is 0 Å². The zero-order valence-electron chi connectivity index (χ0n) is 10.1. The first kappa shape index (κ1) is 15.6. The lowest BCUT2D eigenvalue weighted by atomic mass is 10.3. The number of sulfonamides is 2. The molecule has 0 aliphatic carbocycles. The molecule has 3 N–H and O–H groups in total. The second kappa shape index (κ2) is 5.66. The highest BCUT2D eigenvalue weighted by Gasteiger charge is 2.15. The minimum atomic E-state index is -3.71. The molecule has 0 aliphatic rings. The first-order valence-corrected chi connectivity index (χ1v) is 9.20. The molecule has 1 rings (SSSR count). The Morgan fingerprint density at radius 1 is 1.28 bits per heavy atom. The standard InChI is InChI=1S/C9H16N2O4S3/c1-7(2)6-17(12,13)11-5-8-3-4-9(16-8)18(10,14)15/h3-4,7,11H,5-6H2,1-2H3,(H2,10,14,15). The van der Waals surface area contributed by atoms with Gasteiger partial charge in [0.05, 0.1) is 5.75 Å². The maximum absolute atomic E-state index is 11.6. The van der Waals surface area contributed by atoms with Crippen molar-refractivity contribution in [2.24, 2.45) is 11.1 Å². The zero-order chi connectivity index (χ0) is 14.0. The van der Waals surface area contributed by atoms with Gasteiger partial charge in [0, 0.05) is 11.4 Å². The Labute approximate surface area is 111 Å². The van der Waals surface area contributed by atoms with E-state index in [1.807, 2.05) is 13.8 Å². The van der Waals surface area contributed by atoms with Crippen molar-refractivity contribution < 1.29 is 16.8 Å². The summed E-state index contributed by atoms with van der Waals surface area (Å²) in [5.74, 6) is 0.0752. The molecule has 0 unspecified atom stereocenters. The number of nitrogens with two attached hydrogens (primary N) is 1. The smallest absolute Gasteiger partial charge is 0.224 e. The molecule has 1 heterocycles. The van der Waals surface area contributed by atoms with Crippen LogP contribution in [0.5, 0.6) is 0 Å². The highest BCUT2D eigenvalue weighted by atomic mass is 32.2. The number of hydrogen-bond donors (Lipinski definition) is 2. The summed E-state index contributed by atoms with van der Waals surface area (Å²) in [6, 6.07) is 2.91. The highest BCUT2D eigenvalue weighted by Crippen LogP contribution is 2.20. The third-order valence-corrected chi connectivity index (χ3v) is 6.15. The summed E-state index contributed by atoms with van der Waals surface area (Å²) < 4.78 is 47.7. The van der Waals surface area contributed by atoms with Gasteiger partial charge >= 0.3 is 0 Å². The fourth-order valence-corrected chi connectivity index (χ4v) is 4.47. The maximum Gasteiger partial charge on any atom is 0.247 e. The third-order valence-electron chi connectivity index (χ3n) is 1.94. The van der Waals surface area contributed by atoms with E-state index in [0.29, 0.717) is 4.88 Å².